The van der Waals surface area contributed by atoms with Gasteiger partial charge in [0.2, 0.25) is 0 Å². The number of nitrogens with one attached hydrogen (secondary N) is 1. The standard InChI is InChI=1S/C30H35N3/c1-2-3-4-5-6-10-16-28-23-33(31-32(28)22-24-13-8-7-9-14-24)27-18-19-30-26(21-27)20-25-15-11-12-17-29(25)30/h7-9,11-15,17-19,21,23,31H,2-6,10,16,20,22H2,1H3. The quantitative estimate of drug-likeness (QED) is 0.258. The summed E-state index contributed by atoms with van der Waals surface area (Å²) in [5, 5.41) is 4.53. The highest BCUT2D eigenvalue weighted by atomic mass is 15.8. The van der Waals surface area contributed by atoms with Crippen molar-refractivity contribution in [2.24, 2.45) is 0 Å². The van der Waals surface area contributed by atoms with Gasteiger partial charge in [-0.15, -0.1) is 5.53 Å². The van der Waals surface area contributed by atoms with Crippen molar-refractivity contribution in [1.82, 2.24) is 10.5 Å². The summed E-state index contributed by atoms with van der Waals surface area (Å²) in [6.45, 7) is 3.15. The van der Waals surface area contributed by atoms with Crippen LogP contribution in [0.15, 0.2) is 84.7 Å². The van der Waals surface area contributed by atoms with Gasteiger partial charge in [0.15, 0.2) is 0 Å². The van der Waals surface area contributed by atoms with Gasteiger partial charge in [0.1, 0.15) is 0 Å². The van der Waals surface area contributed by atoms with Crippen LogP contribution in [0, 0.1) is 0 Å². The number of anilines is 1. The van der Waals surface area contributed by atoms with Crippen LogP contribution in [0.5, 0.6) is 0 Å². The van der Waals surface area contributed by atoms with Gasteiger partial charge in [0.05, 0.1) is 12.2 Å². The van der Waals surface area contributed by atoms with Crippen molar-refractivity contribution < 1.29 is 0 Å². The Labute approximate surface area is 198 Å². The molecule has 0 fully saturated rings. The molecule has 0 bridgehead atoms. The van der Waals surface area contributed by atoms with E-state index < -0.39 is 0 Å². The van der Waals surface area contributed by atoms with Crippen LogP contribution in [0.1, 0.15) is 68.6 Å². The Kier molecular flexibility index (Phi) is 6.78. The number of allylic oxidation sites excluding steroid dienone is 1. The zero-order valence-electron chi connectivity index (χ0n) is 19.8. The normalized spacial score (nSPS) is 14.4. The molecule has 3 nitrogen and oxygen atoms in total. The molecule has 3 heteroatoms. The maximum atomic E-state index is 3.65. The van der Waals surface area contributed by atoms with Crippen LogP contribution in [0.3, 0.4) is 0 Å². The Hall–Kier alpha value is -3.04. The predicted molar refractivity (Wildman–Crippen MR) is 138 cm³/mol. The number of rotatable bonds is 10. The highest BCUT2D eigenvalue weighted by molar-refractivity contribution is 5.78. The number of hydrogen-bond acceptors (Lipinski definition) is 3. The van der Waals surface area contributed by atoms with E-state index in [-0.39, 0.29) is 0 Å². The smallest absolute Gasteiger partial charge is 0.0609 e. The number of unbranched alkanes of at least 4 members (excludes halogenated alkanes) is 5. The molecule has 3 aromatic carbocycles. The summed E-state index contributed by atoms with van der Waals surface area (Å²) in [7, 11) is 0. The molecule has 33 heavy (non-hydrogen) atoms. The lowest BCUT2D eigenvalue weighted by Crippen LogP contribution is -2.40. The summed E-state index contributed by atoms with van der Waals surface area (Å²) in [6, 6.07) is 26.4. The third kappa shape index (κ3) is 4.99. The van der Waals surface area contributed by atoms with Gasteiger partial charge in [-0.1, -0.05) is 99.7 Å². The van der Waals surface area contributed by atoms with E-state index in [1.807, 2.05) is 0 Å². The topological polar surface area (TPSA) is 18.5 Å². The summed E-state index contributed by atoms with van der Waals surface area (Å²) in [5.74, 6) is 0. The van der Waals surface area contributed by atoms with Crippen LogP contribution in [-0.4, -0.2) is 5.01 Å². The molecule has 3 aromatic rings. The molecule has 0 aromatic heterocycles. The zero-order chi connectivity index (χ0) is 22.5. The fourth-order valence-electron chi connectivity index (χ4n) is 5.04. The maximum absolute atomic E-state index is 3.65. The Balaban J connectivity index is 1.31. The van der Waals surface area contributed by atoms with Crippen LogP contribution >= 0.6 is 0 Å². The molecular formula is C30H35N3. The Morgan fingerprint density at radius 1 is 0.758 bits per heavy atom. The Morgan fingerprint density at radius 3 is 2.39 bits per heavy atom. The number of hydrogen-bond donors (Lipinski definition) is 1. The van der Waals surface area contributed by atoms with E-state index in [4.69, 9.17) is 0 Å². The van der Waals surface area contributed by atoms with E-state index in [1.165, 1.54) is 77.7 Å². The molecule has 170 valence electrons. The van der Waals surface area contributed by atoms with Crippen molar-refractivity contribution in [1.29, 1.82) is 0 Å². The molecule has 0 saturated heterocycles. The van der Waals surface area contributed by atoms with Crippen LogP contribution < -0.4 is 10.5 Å². The molecular weight excluding hydrogens is 402 g/mol. The minimum atomic E-state index is 0.870. The summed E-state index contributed by atoms with van der Waals surface area (Å²) in [6.07, 6.45) is 12.4. The van der Waals surface area contributed by atoms with Crippen molar-refractivity contribution in [3.8, 4) is 11.1 Å². The molecule has 1 heterocycles. The SMILES string of the molecule is CCCCCCCCC1=CN(c2ccc3c(c2)Cc2ccccc2-3)NN1Cc1ccccc1. The second kappa shape index (κ2) is 10.3. The van der Waals surface area contributed by atoms with E-state index in [0.717, 1.165) is 19.4 Å². The van der Waals surface area contributed by atoms with Crippen molar-refractivity contribution in [2.45, 2.75) is 64.8 Å². The average Bonchev–Trinajstić information content (AvgIpc) is 3.42. The zero-order valence-corrected chi connectivity index (χ0v) is 19.8. The van der Waals surface area contributed by atoms with Gasteiger partial charge in [-0.2, -0.15) is 0 Å². The van der Waals surface area contributed by atoms with Gasteiger partial charge in [-0.05, 0) is 59.2 Å². The second-order valence-electron chi connectivity index (χ2n) is 9.36. The van der Waals surface area contributed by atoms with E-state index in [1.54, 1.807) is 0 Å². The molecule has 0 saturated carbocycles. The van der Waals surface area contributed by atoms with Crippen LogP contribution in [0.2, 0.25) is 0 Å². The van der Waals surface area contributed by atoms with Crippen LogP contribution in [0.25, 0.3) is 11.1 Å². The highest BCUT2D eigenvalue weighted by Crippen LogP contribution is 2.38. The summed E-state index contributed by atoms with van der Waals surface area (Å²) < 4.78 is 0. The average molecular weight is 438 g/mol. The Bertz CT molecular complexity index is 1100. The van der Waals surface area contributed by atoms with Gasteiger partial charge in [-0.3, -0.25) is 10.0 Å². The Morgan fingerprint density at radius 2 is 1.52 bits per heavy atom. The lowest BCUT2D eigenvalue weighted by Gasteiger charge is -2.25. The van der Waals surface area contributed by atoms with Gasteiger partial charge in [-0.25, -0.2) is 0 Å². The van der Waals surface area contributed by atoms with E-state index >= 15 is 0 Å². The van der Waals surface area contributed by atoms with Gasteiger partial charge >= 0.3 is 0 Å². The van der Waals surface area contributed by atoms with Crippen molar-refractivity contribution in [3.05, 3.63) is 101 Å². The largest absolute Gasteiger partial charge is 0.289 e. The predicted octanol–water partition coefficient (Wildman–Crippen LogP) is 7.59. The second-order valence-corrected chi connectivity index (χ2v) is 9.36. The lowest BCUT2D eigenvalue weighted by molar-refractivity contribution is 0.254. The first kappa shape index (κ1) is 21.8. The molecule has 0 unspecified atom stereocenters. The molecule has 0 atom stereocenters. The summed E-state index contributed by atoms with van der Waals surface area (Å²) in [5.41, 5.74) is 13.2. The first-order chi connectivity index (χ1) is 16.3. The third-order valence-electron chi connectivity index (χ3n) is 6.88. The van der Waals surface area contributed by atoms with Crippen molar-refractivity contribution in [3.63, 3.8) is 0 Å². The monoisotopic (exact) mass is 437 g/mol. The first-order valence-electron chi connectivity index (χ1n) is 12.6. The number of hydrazine groups is 2. The van der Waals surface area contributed by atoms with Crippen molar-refractivity contribution >= 4 is 5.69 Å². The highest BCUT2D eigenvalue weighted by Gasteiger charge is 2.24. The summed E-state index contributed by atoms with van der Waals surface area (Å²) in [4.78, 5) is 0. The molecule has 2 aliphatic rings. The molecule has 1 aliphatic heterocycles. The molecule has 0 amide bonds. The van der Waals surface area contributed by atoms with E-state index in [0.29, 0.717) is 0 Å². The fourth-order valence-corrected chi connectivity index (χ4v) is 5.04. The molecule has 1 aliphatic carbocycles. The molecule has 1 N–H and O–H groups in total. The minimum Gasteiger partial charge on any atom is -0.289 e. The van der Waals surface area contributed by atoms with Crippen molar-refractivity contribution in [2.75, 3.05) is 5.01 Å². The first-order valence-corrected chi connectivity index (χ1v) is 12.6. The van der Waals surface area contributed by atoms with Gasteiger partial charge < -0.3 is 0 Å². The van der Waals surface area contributed by atoms with E-state index in [2.05, 4.69) is 101 Å². The molecule has 5 rings (SSSR count). The van der Waals surface area contributed by atoms with Gasteiger partial charge in [0, 0.05) is 11.9 Å². The summed E-state index contributed by atoms with van der Waals surface area (Å²) >= 11 is 0. The third-order valence-corrected chi connectivity index (χ3v) is 6.88. The van der Waals surface area contributed by atoms with E-state index in [9.17, 15) is 0 Å². The number of benzene rings is 3. The van der Waals surface area contributed by atoms with Crippen LogP contribution in [0.4, 0.5) is 5.69 Å². The molecule has 0 spiro atoms. The minimum absolute atomic E-state index is 0.870. The fraction of sp³-hybridized carbons (Fsp3) is 0.333. The number of fused-ring (bicyclic) bond motifs is 3. The van der Waals surface area contributed by atoms with Gasteiger partial charge in [0.25, 0.3) is 0 Å². The molecule has 0 radical (unpaired) electrons. The number of nitrogens with zero attached hydrogens (tertiary/aromatic N) is 2. The van der Waals surface area contributed by atoms with Crippen LogP contribution in [-0.2, 0) is 13.0 Å². The lowest BCUT2D eigenvalue weighted by atomic mass is 10.1. The maximum Gasteiger partial charge on any atom is 0.0609 e.